The molecular formula is C32H36N2O3. The first-order valence-corrected chi connectivity index (χ1v) is 13.8. The van der Waals surface area contributed by atoms with Gasteiger partial charge in [-0.3, -0.25) is 4.79 Å². The Morgan fingerprint density at radius 1 is 1.08 bits per heavy atom. The Bertz CT molecular complexity index is 1450. The van der Waals surface area contributed by atoms with E-state index in [-0.39, 0.29) is 5.91 Å². The molecule has 1 saturated carbocycles. The number of amides is 1. The van der Waals surface area contributed by atoms with E-state index in [0.717, 1.165) is 48.1 Å². The van der Waals surface area contributed by atoms with E-state index < -0.39 is 11.4 Å². The van der Waals surface area contributed by atoms with Crippen molar-refractivity contribution in [1.82, 2.24) is 4.57 Å². The molecule has 5 nitrogen and oxygen atoms in total. The van der Waals surface area contributed by atoms with Crippen molar-refractivity contribution in [1.29, 1.82) is 0 Å². The van der Waals surface area contributed by atoms with Crippen molar-refractivity contribution in [2.45, 2.75) is 83.6 Å². The van der Waals surface area contributed by atoms with Crippen LogP contribution >= 0.6 is 0 Å². The molecule has 1 aliphatic carbocycles. The second-order valence-electron chi connectivity index (χ2n) is 11.6. The van der Waals surface area contributed by atoms with E-state index in [9.17, 15) is 14.7 Å². The number of aromatic carboxylic acids is 1. The summed E-state index contributed by atoms with van der Waals surface area (Å²) in [7, 11) is 0. The molecule has 1 amide bonds. The summed E-state index contributed by atoms with van der Waals surface area (Å²) in [5, 5.41) is 10.9. The van der Waals surface area contributed by atoms with Gasteiger partial charge in [0.25, 0.3) is 0 Å². The van der Waals surface area contributed by atoms with E-state index in [2.05, 4.69) is 54.5 Å². The third-order valence-electron chi connectivity index (χ3n) is 8.92. The third kappa shape index (κ3) is 3.65. The average Bonchev–Trinajstić information content (AvgIpc) is 3.31. The van der Waals surface area contributed by atoms with Gasteiger partial charge >= 0.3 is 5.97 Å². The van der Waals surface area contributed by atoms with Gasteiger partial charge in [0.15, 0.2) is 0 Å². The fourth-order valence-corrected chi connectivity index (χ4v) is 7.03. The monoisotopic (exact) mass is 496 g/mol. The summed E-state index contributed by atoms with van der Waals surface area (Å²) in [4.78, 5) is 27.9. The predicted molar refractivity (Wildman–Crippen MR) is 149 cm³/mol. The molecule has 0 radical (unpaired) electrons. The Morgan fingerprint density at radius 3 is 2.59 bits per heavy atom. The second kappa shape index (κ2) is 8.90. The van der Waals surface area contributed by atoms with E-state index >= 15 is 0 Å². The maximum Gasteiger partial charge on any atom is 0.335 e. The molecule has 3 heterocycles. The smallest absolute Gasteiger partial charge is 0.335 e. The summed E-state index contributed by atoms with van der Waals surface area (Å²) in [5.74, 6) is -0.250. The van der Waals surface area contributed by atoms with Crippen LogP contribution in [0.1, 0.15) is 93.1 Å². The topological polar surface area (TPSA) is 62.5 Å². The Hall–Kier alpha value is -3.34. The molecule has 0 saturated heterocycles. The molecule has 1 fully saturated rings. The van der Waals surface area contributed by atoms with Gasteiger partial charge in [0.05, 0.1) is 22.4 Å². The molecule has 1 aromatic heterocycles. The number of carboxylic acid groups (broad SMARTS) is 1. The number of carbonyl (C=O) groups is 2. The van der Waals surface area contributed by atoms with Gasteiger partial charge in [0.1, 0.15) is 0 Å². The number of fused-ring (bicyclic) bond motifs is 4. The lowest BCUT2D eigenvalue weighted by atomic mass is 9.78. The second-order valence-corrected chi connectivity index (χ2v) is 11.6. The average molecular weight is 497 g/mol. The van der Waals surface area contributed by atoms with Crippen LogP contribution in [-0.4, -0.2) is 28.1 Å². The molecule has 192 valence electrons. The van der Waals surface area contributed by atoms with Gasteiger partial charge in [-0.2, -0.15) is 0 Å². The molecule has 1 atom stereocenters. The molecule has 0 unspecified atom stereocenters. The van der Waals surface area contributed by atoms with E-state index in [1.165, 1.54) is 41.5 Å². The number of anilines is 1. The van der Waals surface area contributed by atoms with Gasteiger partial charge in [-0.25, -0.2) is 4.79 Å². The molecule has 5 heteroatoms. The number of rotatable bonds is 4. The van der Waals surface area contributed by atoms with Crippen LogP contribution in [0.5, 0.6) is 0 Å². The first-order chi connectivity index (χ1) is 17.8. The summed E-state index contributed by atoms with van der Waals surface area (Å²) >= 11 is 0. The van der Waals surface area contributed by atoms with Crippen LogP contribution in [0.15, 0.2) is 48.0 Å². The number of para-hydroxylation sites is 1. The summed E-state index contributed by atoms with van der Waals surface area (Å²) in [6.07, 6.45) is 9.75. The summed E-state index contributed by atoms with van der Waals surface area (Å²) in [6, 6.07) is 12.1. The summed E-state index contributed by atoms with van der Waals surface area (Å²) in [5.41, 5.74) is 7.85. The number of hydrogen-bond donors (Lipinski definition) is 1. The number of allylic oxidation sites excluding steroid dienone is 2. The van der Waals surface area contributed by atoms with Gasteiger partial charge < -0.3 is 14.6 Å². The quantitative estimate of drug-likeness (QED) is 0.382. The minimum Gasteiger partial charge on any atom is -0.478 e. The highest BCUT2D eigenvalue weighted by Gasteiger charge is 2.48. The van der Waals surface area contributed by atoms with Crippen molar-refractivity contribution in [3.05, 3.63) is 64.7 Å². The number of hydrogen-bond acceptors (Lipinski definition) is 2. The maximum absolute atomic E-state index is 14.0. The lowest BCUT2D eigenvalue weighted by Gasteiger charge is -2.28. The van der Waals surface area contributed by atoms with Crippen molar-refractivity contribution in [2.24, 2.45) is 0 Å². The van der Waals surface area contributed by atoms with Crippen LogP contribution in [0.4, 0.5) is 5.69 Å². The molecule has 0 spiro atoms. The Morgan fingerprint density at radius 2 is 1.86 bits per heavy atom. The Balaban J connectivity index is 1.66. The highest BCUT2D eigenvalue weighted by atomic mass is 16.4. The minimum absolute atomic E-state index is 0.199. The van der Waals surface area contributed by atoms with Gasteiger partial charge in [-0.05, 0) is 75.6 Å². The molecule has 3 aliphatic rings. The van der Waals surface area contributed by atoms with Crippen LogP contribution in [0.3, 0.4) is 0 Å². The zero-order valence-electron chi connectivity index (χ0n) is 22.1. The van der Waals surface area contributed by atoms with E-state index in [0.29, 0.717) is 24.4 Å². The Kier molecular flexibility index (Phi) is 5.78. The number of nitrogens with zero attached hydrogens (tertiary/aromatic N) is 2. The number of carbonyl (C=O) groups excluding carboxylic acids is 1. The van der Waals surface area contributed by atoms with Crippen LogP contribution in [0.2, 0.25) is 0 Å². The molecule has 37 heavy (non-hydrogen) atoms. The molecule has 3 aromatic rings. The van der Waals surface area contributed by atoms with Gasteiger partial charge in [-0.1, -0.05) is 55.2 Å². The highest BCUT2D eigenvalue weighted by Crippen LogP contribution is 2.53. The largest absolute Gasteiger partial charge is 0.478 e. The molecule has 1 N–H and O–H groups in total. The zero-order chi connectivity index (χ0) is 25.9. The van der Waals surface area contributed by atoms with Gasteiger partial charge in [0.2, 0.25) is 5.91 Å². The highest BCUT2D eigenvalue weighted by molar-refractivity contribution is 6.12. The van der Waals surface area contributed by atoms with Crippen molar-refractivity contribution in [3.8, 4) is 11.3 Å². The summed E-state index contributed by atoms with van der Waals surface area (Å²) in [6.45, 7) is 7.72. The van der Waals surface area contributed by atoms with Crippen LogP contribution in [0.25, 0.3) is 22.2 Å². The van der Waals surface area contributed by atoms with Gasteiger partial charge in [0, 0.05) is 29.6 Å². The minimum atomic E-state index is -0.894. The van der Waals surface area contributed by atoms with Crippen molar-refractivity contribution in [3.63, 3.8) is 0 Å². The summed E-state index contributed by atoms with van der Waals surface area (Å²) < 4.78 is 2.37. The number of benzene rings is 2. The van der Waals surface area contributed by atoms with E-state index in [1.54, 1.807) is 6.07 Å². The molecule has 2 aliphatic heterocycles. The molecule has 2 aromatic carbocycles. The Labute approximate surface area is 218 Å². The molecule has 0 bridgehead atoms. The number of carboxylic acids is 1. The van der Waals surface area contributed by atoms with Crippen molar-refractivity contribution >= 4 is 28.5 Å². The molecular weight excluding hydrogens is 460 g/mol. The lowest BCUT2D eigenvalue weighted by molar-refractivity contribution is -0.122. The standard InChI is InChI=1S/C32H36N2O3/c1-20(2)15-16-32(3)25-12-7-11-24-28(25)34(31(32)37)18-8-17-33-26-19-22(30(35)36)13-14-23(26)27(29(24)33)21-9-5-4-6-10-21/h7,11-15,19,21H,4-6,8-10,16-18H2,1-3H3,(H,35,36)/t32-/m0/s1. The third-order valence-corrected chi connectivity index (χ3v) is 8.92. The fourth-order valence-electron chi connectivity index (χ4n) is 7.03. The lowest BCUT2D eigenvalue weighted by Crippen LogP contribution is -2.39. The van der Waals surface area contributed by atoms with Crippen molar-refractivity contribution in [2.75, 3.05) is 11.4 Å². The SMILES string of the molecule is CC(C)=CC[C@]1(C)C(=O)N2CCCn3c(c(C4CCCCC4)c4ccc(C(=O)O)cc43)-c3cccc1c32. The zero-order valence-corrected chi connectivity index (χ0v) is 22.1. The predicted octanol–water partition coefficient (Wildman–Crippen LogP) is 7.42. The fraction of sp³-hybridized carbons (Fsp3) is 0.438. The number of aryl methyl sites for hydroxylation is 1. The maximum atomic E-state index is 14.0. The normalized spacial score (nSPS) is 21.4. The molecule has 6 rings (SSSR count). The van der Waals surface area contributed by atoms with E-state index in [1.807, 2.05) is 12.1 Å². The van der Waals surface area contributed by atoms with Crippen LogP contribution in [0, 0.1) is 0 Å². The first-order valence-electron chi connectivity index (χ1n) is 13.8. The van der Waals surface area contributed by atoms with Crippen molar-refractivity contribution < 1.29 is 14.7 Å². The van der Waals surface area contributed by atoms with Crippen LogP contribution in [-0.2, 0) is 16.8 Å². The number of aromatic nitrogens is 1. The first kappa shape index (κ1) is 24.0. The van der Waals surface area contributed by atoms with Gasteiger partial charge in [-0.15, -0.1) is 0 Å². The van der Waals surface area contributed by atoms with Crippen LogP contribution < -0.4 is 4.90 Å². The van der Waals surface area contributed by atoms with E-state index in [4.69, 9.17) is 0 Å².